The van der Waals surface area contributed by atoms with Crippen LogP contribution in [0.1, 0.15) is 5.69 Å². The maximum absolute atomic E-state index is 13.5. The Morgan fingerprint density at radius 2 is 1.93 bits per heavy atom. The normalized spacial score (nSPS) is 11.9. The van der Waals surface area contributed by atoms with E-state index in [1.807, 2.05) is 0 Å². The van der Waals surface area contributed by atoms with E-state index in [-0.39, 0.29) is 16.4 Å². The minimum atomic E-state index is -4.98. The lowest BCUT2D eigenvalue weighted by Gasteiger charge is -2.12. The number of nitrogens with zero attached hydrogens (tertiary/aromatic N) is 4. The number of anilines is 1. The molecule has 0 radical (unpaired) electrons. The van der Waals surface area contributed by atoms with Crippen molar-refractivity contribution in [1.82, 2.24) is 20.0 Å². The SMILES string of the molecule is CS(=O)(=O)c1cccc(NC(=O)Oc2cnn(-c3ccc(O)nn3)c2C(F)(F)F)c1. The van der Waals surface area contributed by atoms with Crippen molar-refractivity contribution in [1.29, 1.82) is 0 Å². The van der Waals surface area contributed by atoms with E-state index in [1.165, 1.54) is 18.2 Å². The molecular formula is C16H12F3N5O5S. The number of halogens is 3. The smallest absolute Gasteiger partial charge is 0.437 e. The Labute approximate surface area is 166 Å². The van der Waals surface area contributed by atoms with Gasteiger partial charge in [0.05, 0.1) is 11.1 Å². The highest BCUT2D eigenvalue weighted by molar-refractivity contribution is 7.90. The fraction of sp³-hybridized carbons (Fsp3) is 0.125. The molecule has 3 aromatic rings. The summed E-state index contributed by atoms with van der Waals surface area (Å²) in [5.74, 6) is -1.81. The summed E-state index contributed by atoms with van der Waals surface area (Å²) < 4.78 is 68.8. The summed E-state index contributed by atoms with van der Waals surface area (Å²) in [6.07, 6.45) is -4.67. The fourth-order valence-corrected chi connectivity index (χ4v) is 2.99. The molecule has 0 unspecified atom stereocenters. The van der Waals surface area contributed by atoms with Gasteiger partial charge in [-0.05, 0) is 24.3 Å². The number of nitrogens with one attached hydrogen (secondary N) is 1. The summed E-state index contributed by atoms with van der Waals surface area (Å²) in [5.41, 5.74) is -1.45. The molecule has 1 amide bonds. The molecule has 1 aromatic carbocycles. The summed E-state index contributed by atoms with van der Waals surface area (Å²) >= 11 is 0. The van der Waals surface area contributed by atoms with Gasteiger partial charge in [-0.3, -0.25) is 5.32 Å². The standard InChI is InChI=1S/C16H12F3N5O5S/c1-30(27,28)10-4-2-3-9(7-10)21-15(26)29-11-8-20-24(14(11)16(17,18)19)12-5-6-13(25)23-22-12/h2-8H,1H3,(H,21,26)(H,23,25). The Bertz CT molecular complexity index is 1190. The zero-order chi connectivity index (χ0) is 22.1. The first-order chi connectivity index (χ1) is 13.9. The van der Waals surface area contributed by atoms with Crippen molar-refractivity contribution in [3.05, 3.63) is 48.3 Å². The predicted molar refractivity (Wildman–Crippen MR) is 95.0 cm³/mol. The third-order valence-electron chi connectivity index (χ3n) is 3.57. The molecule has 0 spiro atoms. The molecule has 0 atom stereocenters. The van der Waals surface area contributed by atoms with Gasteiger partial charge < -0.3 is 9.84 Å². The Kier molecular flexibility index (Phi) is 5.35. The summed E-state index contributed by atoms with van der Waals surface area (Å²) in [4.78, 5) is 12.0. The lowest BCUT2D eigenvalue weighted by molar-refractivity contribution is -0.143. The molecule has 0 aliphatic carbocycles. The molecule has 3 rings (SSSR count). The maximum Gasteiger partial charge on any atom is 0.437 e. The third kappa shape index (κ3) is 4.65. The van der Waals surface area contributed by atoms with Crippen molar-refractivity contribution in [3.8, 4) is 17.4 Å². The molecule has 0 bridgehead atoms. The first-order valence-corrected chi connectivity index (χ1v) is 9.81. The summed E-state index contributed by atoms with van der Waals surface area (Å²) in [6, 6.07) is 7.12. The van der Waals surface area contributed by atoms with Gasteiger partial charge in [-0.15, -0.1) is 10.2 Å². The second-order valence-electron chi connectivity index (χ2n) is 5.83. The molecule has 2 N–H and O–H groups in total. The molecule has 2 aromatic heterocycles. The van der Waals surface area contributed by atoms with Crippen molar-refractivity contribution in [3.63, 3.8) is 0 Å². The van der Waals surface area contributed by atoms with Crippen molar-refractivity contribution >= 4 is 21.6 Å². The van der Waals surface area contributed by atoms with E-state index in [0.717, 1.165) is 24.5 Å². The molecule has 2 heterocycles. The largest absolute Gasteiger partial charge is 0.492 e. The van der Waals surface area contributed by atoms with Gasteiger partial charge in [-0.25, -0.2) is 17.9 Å². The molecule has 0 aliphatic heterocycles. The van der Waals surface area contributed by atoms with Crippen LogP contribution in [-0.2, 0) is 16.0 Å². The van der Waals surface area contributed by atoms with E-state index in [0.29, 0.717) is 10.9 Å². The number of hydrogen-bond donors (Lipinski definition) is 2. The number of rotatable bonds is 4. The number of hydrogen-bond acceptors (Lipinski definition) is 8. The van der Waals surface area contributed by atoms with Crippen LogP contribution < -0.4 is 10.1 Å². The Morgan fingerprint density at radius 1 is 1.20 bits per heavy atom. The van der Waals surface area contributed by atoms with Crippen molar-refractivity contribution < 1.29 is 36.2 Å². The van der Waals surface area contributed by atoms with Gasteiger partial charge in [0.1, 0.15) is 0 Å². The lowest BCUT2D eigenvalue weighted by Crippen LogP contribution is -2.20. The van der Waals surface area contributed by atoms with Crippen molar-refractivity contribution in [2.45, 2.75) is 11.1 Å². The van der Waals surface area contributed by atoms with Crippen LogP contribution in [-0.4, -0.2) is 45.9 Å². The second kappa shape index (κ2) is 7.62. The topological polar surface area (TPSA) is 136 Å². The number of aromatic hydroxyl groups is 1. The van der Waals surface area contributed by atoms with Crippen LogP contribution in [0.25, 0.3) is 5.82 Å². The van der Waals surface area contributed by atoms with E-state index >= 15 is 0 Å². The van der Waals surface area contributed by atoms with Crippen LogP contribution in [0.2, 0.25) is 0 Å². The number of benzene rings is 1. The molecule has 0 saturated carbocycles. The van der Waals surface area contributed by atoms with Crippen LogP contribution in [0.15, 0.2) is 47.5 Å². The van der Waals surface area contributed by atoms with E-state index in [4.69, 9.17) is 9.84 Å². The Morgan fingerprint density at radius 3 is 2.53 bits per heavy atom. The highest BCUT2D eigenvalue weighted by Gasteiger charge is 2.41. The van der Waals surface area contributed by atoms with Crippen LogP contribution in [0, 0.1) is 0 Å². The van der Waals surface area contributed by atoms with Crippen LogP contribution >= 0.6 is 0 Å². The predicted octanol–water partition coefficient (Wildman–Crippen LogP) is 2.40. The summed E-state index contributed by atoms with van der Waals surface area (Å²) in [5, 5.41) is 21.4. The monoisotopic (exact) mass is 443 g/mol. The second-order valence-corrected chi connectivity index (χ2v) is 7.85. The Hall–Kier alpha value is -3.68. The first-order valence-electron chi connectivity index (χ1n) is 7.92. The molecule has 0 saturated heterocycles. The number of alkyl halides is 3. The third-order valence-corrected chi connectivity index (χ3v) is 4.68. The minimum absolute atomic E-state index is 0.00623. The van der Waals surface area contributed by atoms with Crippen LogP contribution in [0.5, 0.6) is 11.6 Å². The first kappa shape index (κ1) is 21.0. The molecule has 0 aliphatic rings. The summed E-state index contributed by atoms with van der Waals surface area (Å²) in [7, 11) is -3.56. The Balaban J connectivity index is 1.88. The highest BCUT2D eigenvalue weighted by atomic mass is 32.2. The maximum atomic E-state index is 13.5. The quantitative estimate of drug-likeness (QED) is 0.627. The number of amides is 1. The van der Waals surface area contributed by atoms with Gasteiger partial charge in [-0.2, -0.15) is 18.3 Å². The zero-order valence-corrected chi connectivity index (χ0v) is 15.8. The van der Waals surface area contributed by atoms with Crippen molar-refractivity contribution in [2.75, 3.05) is 11.6 Å². The number of carbonyl (C=O) groups is 1. The van der Waals surface area contributed by atoms with Crippen LogP contribution in [0.4, 0.5) is 23.7 Å². The van der Waals surface area contributed by atoms with Crippen LogP contribution in [0.3, 0.4) is 0 Å². The molecule has 158 valence electrons. The van der Waals surface area contributed by atoms with Gasteiger partial charge >= 0.3 is 12.3 Å². The van der Waals surface area contributed by atoms with Gasteiger partial charge in [0.15, 0.2) is 27.1 Å². The number of sulfone groups is 1. The summed E-state index contributed by atoms with van der Waals surface area (Å²) in [6.45, 7) is 0. The van der Waals surface area contributed by atoms with Crippen molar-refractivity contribution in [2.24, 2.45) is 0 Å². The molecule has 14 heteroatoms. The minimum Gasteiger partial charge on any atom is -0.492 e. The average Bonchev–Trinajstić information content (AvgIpc) is 3.05. The number of aromatic nitrogens is 4. The molecule has 30 heavy (non-hydrogen) atoms. The van der Waals surface area contributed by atoms with Gasteiger partial charge in [0.25, 0.3) is 0 Å². The van der Waals surface area contributed by atoms with E-state index in [2.05, 4.69) is 20.6 Å². The zero-order valence-electron chi connectivity index (χ0n) is 15.0. The van der Waals surface area contributed by atoms with E-state index in [9.17, 15) is 26.4 Å². The fourth-order valence-electron chi connectivity index (χ4n) is 2.32. The number of ether oxygens (including phenoxy) is 1. The number of carbonyl (C=O) groups excluding carboxylic acids is 1. The highest BCUT2D eigenvalue weighted by Crippen LogP contribution is 2.37. The van der Waals surface area contributed by atoms with Gasteiger partial charge in [0.2, 0.25) is 5.88 Å². The molecule has 10 nitrogen and oxygen atoms in total. The molecular weight excluding hydrogens is 431 g/mol. The lowest BCUT2D eigenvalue weighted by atomic mass is 10.3. The van der Waals surface area contributed by atoms with Gasteiger partial charge in [-0.1, -0.05) is 6.07 Å². The molecule has 0 fully saturated rings. The average molecular weight is 443 g/mol. The van der Waals surface area contributed by atoms with Gasteiger partial charge in [0, 0.05) is 18.0 Å². The van der Waals surface area contributed by atoms with E-state index < -0.39 is 39.4 Å². The van der Waals surface area contributed by atoms with E-state index in [1.54, 1.807) is 0 Å².